The number of aromatic nitrogens is 1. The van der Waals surface area contributed by atoms with Crippen LogP contribution in [-0.4, -0.2) is 4.98 Å². The Hall–Kier alpha value is -4.99. The van der Waals surface area contributed by atoms with Gasteiger partial charge in [-0.25, -0.2) is 4.98 Å². The molecule has 0 amide bonds. The van der Waals surface area contributed by atoms with Crippen LogP contribution in [0.3, 0.4) is 0 Å². The van der Waals surface area contributed by atoms with Crippen molar-refractivity contribution in [2.75, 3.05) is 4.90 Å². The van der Waals surface area contributed by atoms with Crippen LogP contribution >= 0.6 is 11.3 Å². The highest BCUT2D eigenvalue weighted by Gasteiger charge is 2.42. The van der Waals surface area contributed by atoms with Crippen molar-refractivity contribution < 1.29 is 0 Å². The number of hydrogen-bond donors (Lipinski definition) is 0. The number of nitrogens with zero attached hydrogens (tertiary/aromatic N) is 2. The Morgan fingerprint density at radius 2 is 0.869 bits per heavy atom. The maximum absolute atomic E-state index is 5.17. The highest BCUT2D eigenvalue weighted by atomic mass is 32.1. The normalized spacial score (nSPS) is 12.8. The first kappa shape index (κ1) is 42.7. The molecule has 0 N–H and O–H groups in total. The number of anilines is 3. The summed E-state index contributed by atoms with van der Waals surface area (Å²) in [5, 5.41) is 1.13. The van der Waals surface area contributed by atoms with Crippen LogP contribution in [0, 0.1) is 0 Å². The van der Waals surface area contributed by atoms with Gasteiger partial charge in [0.1, 0.15) is 5.01 Å². The van der Waals surface area contributed by atoms with E-state index in [9.17, 15) is 0 Å². The van der Waals surface area contributed by atoms with Gasteiger partial charge in [0.15, 0.2) is 0 Å². The van der Waals surface area contributed by atoms with E-state index >= 15 is 0 Å². The van der Waals surface area contributed by atoms with Crippen molar-refractivity contribution in [3.05, 3.63) is 157 Å². The number of para-hydroxylation sites is 3. The minimum atomic E-state index is -0.0187. The SMILES string of the molecule is CCCCCCCCCCC1(CCCCCCCCCC)c2cc(-c3ccc(N(c4ccccc4)c4ccccc4)cc3)ccc2-c2ccc(-c3nc4ccccc4s3)cc21. The molecule has 0 bridgehead atoms. The maximum atomic E-state index is 5.17. The largest absolute Gasteiger partial charge is 0.311 e. The minimum Gasteiger partial charge on any atom is -0.311 e. The van der Waals surface area contributed by atoms with Gasteiger partial charge in [-0.3, -0.25) is 0 Å². The minimum absolute atomic E-state index is 0.0187. The van der Waals surface area contributed by atoms with Crippen molar-refractivity contribution >= 4 is 38.6 Å². The molecule has 0 radical (unpaired) electrons. The van der Waals surface area contributed by atoms with Crippen LogP contribution in [0.15, 0.2) is 146 Å². The Kier molecular flexibility index (Phi) is 14.8. The molecule has 1 aromatic heterocycles. The number of fused-ring (bicyclic) bond motifs is 4. The summed E-state index contributed by atoms with van der Waals surface area (Å²) in [5.41, 5.74) is 14.4. The first-order valence-corrected chi connectivity index (χ1v) is 24.7. The number of unbranched alkanes of at least 4 members (excludes halogenated alkanes) is 14. The molecule has 0 saturated heterocycles. The highest BCUT2D eigenvalue weighted by molar-refractivity contribution is 7.21. The van der Waals surface area contributed by atoms with Crippen molar-refractivity contribution in [2.24, 2.45) is 0 Å². The standard InChI is InChI=1S/C58H66N2S/c1-3-5-7-9-11-13-15-25-41-58(42-26-16-14-12-10-8-6-4-2)53-43-46(45-33-37-50(38-34-45)60(48-27-19-17-20-28-48)49-29-21-18-22-30-49)35-39-51(53)52-40-36-47(44-54(52)58)57-59-55-31-23-24-32-56(55)61-57/h17-24,27-40,43-44H,3-16,25-26,41-42H2,1-2H3. The molecule has 0 aliphatic heterocycles. The maximum Gasteiger partial charge on any atom is 0.124 e. The van der Waals surface area contributed by atoms with Gasteiger partial charge < -0.3 is 4.90 Å². The van der Waals surface area contributed by atoms with Gasteiger partial charge in [-0.2, -0.15) is 0 Å². The summed E-state index contributed by atoms with van der Waals surface area (Å²) in [5.74, 6) is 0. The summed E-state index contributed by atoms with van der Waals surface area (Å²) >= 11 is 1.83. The van der Waals surface area contributed by atoms with Crippen molar-refractivity contribution in [1.29, 1.82) is 0 Å². The van der Waals surface area contributed by atoms with Crippen molar-refractivity contribution in [1.82, 2.24) is 4.98 Å². The number of hydrogen-bond acceptors (Lipinski definition) is 3. The monoisotopic (exact) mass is 822 g/mol. The molecular weight excluding hydrogens is 757 g/mol. The van der Waals surface area contributed by atoms with Gasteiger partial charge in [-0.05, 0) is 107 Å². The average molecular weight is 823 g/mol. The zero-order valence-corrected chi connectivity index (χ0v) is 37.7. The van der Waals surface area contributed by atoms with E-state index in [4.69, 9.17) is 4.98 Å². The van der Waals surface area contributed by atoms with E-state index < -0.39 is 0 Å². The molecule has 0 spiro atoms. The zero-order valence-electron chi connectivity index (χ0n) is 36.9. The summed E-state index contributed by atoms with van der Waals surface area (Å²) in [6, 6.07) is 54.1. The molecule has 1 aliphatic carbocycles. The van der Waals surface area contributed by atoms with Gasteiger partial charge in [0, 0.05) is 28.0 Å². The highest BCUT2D eigenvalue weighted by Crippen LogP contribution is 2.56. The zero-order chi connectivity index (χ0) is 41.7. The third-order valence-corrected chi connectivity index (χ3v) is 14.4. The van der Waals surface area contributed by atoms with Gasteiger partial charge in [0.2, 0.25) is 0 Å². The first-order valence-electron chi connectivity index (χ1n) is 23.8. The molecule has 7 aromatic rings. The molecule has 1 aliphatic rings. The smallest absolute Gasteiger partial charge is 0.124 e. The van der Waals surface area contributed by atoms with E-state index in [1.807, 2.05) is 11.3 Å². The van der Waals surface area contributed by atoms with Crippen molar-refractivity contribution in [2.45, 2.75) is 135 Å². The van der Waals surface area contributed by atoms with E-state index in [0.29, 0.717) is 0 Å². The number of rotatable bonds is 23. The fraction of sp³-hybridized carbons (Fsp3) is 0.362. The Morgan fingerprint density at radius 3 is 1.41 bits per heavy atom. The van der Waals surface area contributed by atoms with Gasteiger partial charge in [-0.15, -0.1) is 11.3 Å². The predicted octanol–water partition coefficient (Wildman–Crippen LogP) is 18.4. The van der Waals surface area contributed by atoms with Gasteiger partial charge in [0.25, 0.3) is 0 Å². The molecule has 0 atom stereocenters. The molecule has 314 valence electrons. The van der Waals surface area contributed by atoms with Crippen molar-refractivity contribution in [3.63, 3.8) is 0 Å². The topological polar surface area (TPSA) is 16.1 Å². The second-order valence-corrected chi connectivity index (χ2v) is 18.6. The van der Waals surface area contributed by atoms with Crippen LogP contribution in [-0.2, 0) is 5.41 Å². The number of benzene rings is 6. The third-order valence-electron chi connectivity index (χ3n) is 13.3. The molecule has 1 heterocycles. The van der Waals surface area contributed by atoms with E-state index in [2.05, 4.69) is 164 Å². The molecule has 61 heavy (non-hydrogen) atoms. The molecular formula is C58H66N2S. The summed E-state index contributed by atoms with van der Waals surface area (Å²) in [6.45, 7) is 4.63. The molecule has 3 heteroatoms. The second kappa shape index (κ2) is 21.2. The molecule has 0 saturated carbocycles. The average Bonchev–Trinajstić information content (AvgIpc) is 3.86. The summed E-state index contributed by atoms with van der Waals surface area (Å²) < 4.78 is 1.26. The quantitative estimate of drug-likeness (QED) is 0.0598. The lowest BCUT2D eigenvalue weighted by Crippen LogP contribution is -2.25. The van der Waals surface area contributed by atoms with Crippen LogP contribution in [0.2, 0.25) is 0 Å². The Bertz CT molecular complexity index is 2320. The van der Waals surface area contributed by atoms with Crippen LogP contribution in [0.25, 0.3) is 43.0 Å². The molecule has 8 rings (SSSR count). The van der Waals surface area contributed by atoms with Gasteiger partial charge in [0.05, 0.1) is 10.2 Å². The first-order chi connectivity index (χ1) is 30.2. The van der Waals surface area contributed by atoms with Gasteiger partial charge in [-0.1, -0.05) is 202 Å². The van der Waals surface area contributed by atoms with Gasteiger partial charge >= 0.3 is 0 Å². The van der Waals surface area contributed by atoms with Crippen LogP contribution in [0.4, 0.5) is 17.1 Å². The molecule has 2 nitrogen and oxygen atoms in total. The molecule has 0 fully saturated rings. The lowest BCUT2D eigenvalue weighted by Gasteiger charge is -2.33. The van der Waals surface area contributed by atoms with Crippen LogP contribution < -0.4 is 4.90 Å². The second-order valence-electron chi connectivity index (χ2n) is 17.6. The third kappa shape index (κ3) is 10.1. The van der Waals surface area contributed by atoms with E-state index in [1.54, 1.807) is 11.1 Å². The fourth-order valence-electron chi connectivity index (χ4n) is 9.99. The Morgan fingerprint density at radius 1 is 0.426 bits per heavy atom. The molecule has 0 unspecified atom stereocenters. The van der Waals surface area contributed by atoms with Crippen molar-refractivity contribution in [3.8, 4) is 32.8 Å². The summed E-state index contributed by atoms with van der Waals surface area (Å²) in [7, 11) is 0. The Labute approximate surface area is 371 Å². The summed E-state index contributed by atoms with van der Waals surface area (Å²) in [6.07, 6.45) is 23.9. The van der Waals surface area contributed by atoms with E-state index in [-0.39, 0.29) is 5.41 Å². The van der Waals surface area contributed by atoms with E-state index in [1.165, 1.54) is 148 Å². The predicted molar refractivity (Wildman–Crippen MR) is 266 cm³/mol. The van der Waals surface area contributed by atoms with E-state index in [0.717, 1.165) is 27.6 Å². The molecule has 6 aromatic carbocycles. The van der Waals surface area contributed by atoms with Crippen LogP contribution in [0.1, 0.15) is 141 Å². The van der Waals surface area contributed by atoms with Crippen LogP contribution in [0.5, 0.6) is 0 Å². The fourth-order valence-corrected chi connectivity index (χ4v) is 11.0. The lowest BCUT2D eigenvalue weighted by molar-refractivity contribution is 0.397. The lowest BCUT2D eigenvalue weighted by atomic mass is 9.70. The Balaban J connectivity index is 1.14. The summed E-state index contributed by atoms with van der Waals surface area (Å²) in [4.78, 5) is 7.52. The number of thiazole rings is 1.